The molecule has 1 unspecified atom stereocenters. The second-order valence-electron chi connectivity index (χ2n) is 6.25. The van der Waals surface area contributed by atoms with Crippen LogP contribution in [0.25, 0.3) is 6.08 Å². The van der Waals surface area contributed by atoms with E-state index in [1.807, 2.05) is 29.3 Å². The van der Waals surface area contributed by atoms with Gasteiger partial charge in [0.25, 0.3) is 0 Å². The predicted octanol–water partition coefficient (Wildman–Crippen LogP) is 3.62. The summed E-state index contributed by atoms with van der Waals surface area (Å²) in [5, 5.41) is 11.5. The molecule has 0 aliphatic carbocycles. The summed E-state index contributed by atoms with van der Waals surface area (Å²) >= 11 is 1.62. The van der Waals surface area contributed by atoms with E-state index in [0.717, 1.165) is 10.4 Å². The summed E-state index contributed by atoms with van der Waals surface area (Å²) in [4.78, 5) is 17.3. The molecule has 2 aromatic rings. The van der Waals surface area contributed by atoms with Crippen LogP contribution in [0.5, 0.6) is 0 Å². The van der Waals surface area contributed by atoms with Gasteiger partial charge in [0.1, 0.15) is 11.9 Å². The normalized spacial score (nSPS) is 16.6. The van der Waals surface area contributed by atoms with Crippen LogP contribution >= 0.6 is 11.3 Å². The van der Waals surface area contributed by atoms with Crippen molar-refractivity contribution >= 4 is 23.3 Å². The number of thiophene rings is 1. The maximum absolute atomic E-state index is 13.1. The van der Waals surface area contributed by atoms with E-state index in [0.29, 0.717) is 26.2 Å². The Bertz CT molecular complexity index is 829. The Balaban J connectivity index is 1.58. The summed E-state index contributed by atoms with van der Waals surface area (Å²) in [5.74, 6) is -0.318. The van der Waals surface area contributed by atoms with E-state index in [2.05, 4.69) is 6.07 Å². The maximum atomic E-state index is 13.1. The third-order valence-corrected chi connectivity index (χ3v) is 5.56. The van der Waals surface area contributed by atoms with Gasteiger partial charge in [0.2, 0.25) is 5.91 Å². The minimum Gasteiger partial charge on any atom is -0.337 e. The van der Waals surface area contributed by atoms with E-state index in [1.54, 1.807) is 34.4 Å². The van der Waals surface area contributed by atoms with Crippen LogP contribution in [0.15, 0.2) is 41.8 Å². The van der Waals surface area contributed by atoms with Gasteiger partial charge < -0.3 is 4.90 Å². The average molecular weight is 369 g/mol. The molecule has 1 aliphatic heterocycles. The number of hydrogen-bond donors (Lipinski definition) is 0. The number of carbonyl (C=O) groups excluding carboxylic acids is 1. The zero-order chi connectivity index (χ0) is 18.5. The molecule has 1 aromatic heterocycles. The van der Waals surface area contributed by atoms with Crippen LogP contribution in [0, 0.1) is 24.1 Å². The van der Waals surface area contributed by atoms with Gasteiger partial charge in [-0.2, -0.15) is 5.26 Å². The van der Waals surface area contributed by atoms with Gasteiger partial charge in [-0.25, -0.2) is 4.39 Å². The Hall–Kier alpha value is -2.49. The number of benzene rings is 1. The number of hydrogen-bond acceptors (Lipinski definition) is 4. The molecule has 3 rings (SSSR count). The Kier molecular flexibility index (Phi) is 5.82. The Morgan fingerprint density at radius 3 is 2.50 bits per heavy atom. The van der Waals surface area contributed by atoms with Crippen molar-refractivity contribution in [1.82, 2.24) is 9.80 Å². The van der Waals surface area contributed by atoms with Gasteiger partial charge >= 0.3 is 0 Å². The average Bonchev–Trinajstić information content (AvgIpc) is 3.07. The van der Waals surface area contributed by atoms with E-state index in [1.165, 1.54) is 17.7 Å². The Morgan fingerprint density at radius 2 is 1.92 bits per heavy atom. The minimum absolute atomic E-state index is 0.00672. The summed E-state index contributed by atoms with van der Waals surface area (Å²) < 4.78 is 13.1. The molecular weight excluding hydrogens is 349 g/mol. The highest BCUT2D eigenvalue weighted by molar-refractivity contribution is 7.11. The molecule has 1 fully saturated rings. The van der Waals surface area contributed by atoms with Crippen molar-refractivity contribution in [1.29, 1.82) is 5.26 Å². The number of aryl methyl sites for hydroxylation is 1. The van der Waals surface area contributed by atoms with E-state index in [-0.39, 0.29) is 11.7 Å². The first-order chi connectivity index (χ1) is 12.6. The molecule has 1 aromatic carbocycles. The number of carbonyl (C=O) groups is 1. The maximum Gasteiger partial charge on any atom is 0.246 e. The molecule has 1 aliphatic rings. The van der Waals surface area contributed by atoms with Crippen LogP contribution in [0.3, 0.4) is 0 Å². The van der Waals surface area contributed by atoms with Gasteiger partial charge in [0.05, 0.1) is 6.07 Å². The quantitative estimate of drug-likeness (QED) is 0.774. The zero-order valence-corrected chi connectivity index (χ0v) is 15.4. The van der Waals surface area contributed by atoms with Crippen LogP contribution < -0.4 is 0 Å². The number of halogens is 1. The molecule has 4 nitrogen and oxygen atoms in total. The topological polar surface area (TPSA) is 47.3 Å². The highest BCUT2D eigenvalue weighted by atomic mass is 32.1. The fourth-order valence-electron chi connectivity index (χ4n) is 3.02. The summed E-state index contributed by atoms with van der Waals surface area (Å²) in [5.41, 5.74) is 1.95. The van der Waals surface area contributed by atoms with E-state index in [4.69, 9.17) is 0 Å². The molecule has 1 atom stereocenters. The first kappa shape index (κ1) is 18.3. The van der Waals surface area contributed by atoms with Crippen LogP contribution in [-0.2, 0) is 4.79 Å². The van der Waals surface area contributed by atoms with Gasteiger partial charge in [0.15, 0.2) is 0 Å². The molecule has 0 N–H and O–H groups in total. The molecule has 1 saturated heterocycles. The van der Waals surface area contributed by atoms with Crippen LogP contribution in [0.4, 0.5) is 4.39 Å². The summed E-state index contributed by atoms with van der Waals surface area (Å²) in [7, 11) is 0. The first-order valence-electron chi connectivity index (χ1n) is 8.48. The summed E-state index contributed by atoms with van der Waals surface area (Å²) in [6.45, 7) is 4.41. The van der Waals surface area contributed by atoms with Crippen LogP contribution in [-0.4, -0.2) is 41.9 Å². The van der Waals surface area contributed by atoms with E-state index >= 15 is 0 Å². The van der Waals surface area contributed by atoms with Gasteiger partial charge in [-0.15, -0.1) is 11.3 Å². The standard InChI is InChI=1S/C20H20FN3OS/c1-15-8-13-26-19(15)6-7-20(25)24-11-9-23(10-12-24)18(14-22)16-2-4-17(21)5-3-16/h2-8,13,18H,9-12H2,1H3/b7-6+. The third kappa shape index (κ3) is 4.18. The molecule has 2 heterocycles. The van der Waals surface area contributed by atoms with E-state index in [9.17, 15) is 14.4 Å². The van der Waals surface area contributed by atoms with Gasteiger partial charge in [-0.05, 0) is 47.7 Å². The fourth-order valence-corrected chi connectivity index (χ4v) is 3.84. The summed E-state index contributed by atoms with van der Waals surface area (Å²) in [6, 6.07) is 9.94. The Morgan fingerprint density at radius 1 is 1.23 bits per heavy atom. The largest absolute Gasteiger partial charge is 0.337 e. The fraction of sp³-hybridized carbons (Fsp3) is 0.300. The van der Waals surface area contributed by atoms with Crippen LogP contribution in [0.2, 0.25) is 0 Å². The monoisotopic (exact) mass is 369 g/mol. The molecule has 1 amide bonds. The second kappa shape index (κ2) is 8.26. The van der Waals surface area contributed by atoms with E-state index < -0.39 is 6.04 Å². The van der Waals surface area contributed by atoms with Crippen molar-refractivity contribution in [3.63, 3.8) is 0 Å². The van der Waals surface area contributed by atoms with Crippen molar-refractivity contribution in [3.05, 3.63) is 63.6 Å². The number of nitrogens with zero attached hydrogens (tertiary/aromatic N) is 3. The highest BCUT2D eigenvalue weighted by Crippen LogP contribution is 2.22. The molecule has 6 heteroatoms. The molecular formula is C20H20FN3OS. The third-order valence-electron chi connectivity index (χ3n) is 4.58. The lowest BCUT2D eigenvalue weighted by Gasteiger charge is -2.36. The molecule has 0 radical (unpaired) electrons. The molecule has 0 saturated carbocycles. The number of piperazine rings is 1. The lowest BCUT2D eigenvalue weighted by molar-refractivity contribution is -0.127. The Labute approximate surface area is 156 Å². The number of rotatable bonds is 4. The first-order valence-corrected chi connectivity index (χ1v) is 9.36. The predicted molar refractivity (Wildman–Crippen MR) is 101 cm³/mol. The van der Waals surface area contributed by atoms with Crippen LogP contribution in [0.1, 0.15) is 22.0 Å². The second-order valence-corrected chi connectivity index (χ2v) is 7.19. The number of nitriles is 1. The van der Waals surface area contributed by atoms with Crippen molar-refractivity contribution in [2.75, 3.05) is 26.2 Å². The van der Waals surface area contributed by atoms with Gasteiger partial charge in [-0.3, -0.25) is 9.69 Å². The highest BCUT2D eigenvalue weighted by Gasteiger charge is 2.26. The van der Waals surface area contributed by atoms with Gasteiger partial charge in [-0.1, -0.05) is 12.1 Å². The molecule has 134 valence electrons. The zero-order valence-electron chi connectivity index (χ0n) is 14.6. The van der Waals surface area contributed by atoms with Crippen molar-refractivity contribution in [2.45, 2.75) is 13.0 Å². The molecule has 0 bridgehead atoms. The summed E-state index contributed by atoms with van der Waals surface area (Å²) in [6.07, 6.45) is 3.49. The smallest absolute Gasteiger partial charge is 0.246 e. The SMILES string of the molecule is Cc1ccsc1/C=C/C(=O)N1CCN(C(C#N)c2ccc(F)cc2)CC1. The van der Waals surface area contributed by atoms with Crippen molar-refractivity contribution in [2.24, 2.45) is 0 Å². The number of amides is 1. The molecule has 0 spiro atoms. The van der Waals surface area contributed by atoms with Crippen molar-refractivity contribution in [3.8, 4) is 6.07 Å². The lowest BCUT2D eigenvalue weighted by Crippen LogP contribution is -2.49. The van der Waals surface area contributed by atoms with Gasteiger partial charge in [0, 0.05) is 37.1 Å². The lowest BCUT2D eigenvalue weighted by atomic mass is 10.1. The van der Waals surface area contributed by atoms with Crippen molar-refractivity contribution < 1.29 is 9.18 Å². The minimum atomic E-state index is -0.419. The molecule has 26 heavy (non-hydrogen) atoms.